The fraction of sp³-hybridized carbons (Fsp3) is 0.240. The normalized spacial score (nSPS) is 17.5. The molecule has 0 saturated carbocycles. The monoisotopic (exact) mass is 481 g/mol. The van der Waals surface area contributed by atoms with Crippen LogP contribution in [0.4, 0.5) is 14.9 Å². The maximum atomic E-state index is 13.3. The lowest BCUT2D eigenvalue weighted by Gasteiger charge is -2.25. The molecule has 0 spiro atoms. The highest BCUT2D eigenvalue weighted by Gasteiger charge is 2.47. The number of hydrogen-bond donors (Lipinski definition) is 2. The zero-order valence-corrected chi connectivity index (χ0v) is 19.5. The smallest absolute Gasteiger partial charge is 0.411 e. The minimum absolute atomic E-state index is 0.0839. The first-order valence-electron chi connectivity index (χ1n) is 10.8. The topological polar surface area (TPSA) is 87.7 Å². The van der Waals surface area contributed by atoms with Crippen molar-refractivity contribution in [3.8, 4) is 0 Å². The lowest BCUT2D eigenvalue weighted by Crippen LogP contribution is -2.48. The van der Waals surface area contributed by atoms with Crippen LogP contribution in [0.15, 0.2) is 66.0 Å². The van der Waals surface area contributed by atoms with Crippen LogP contribution in [0.25, 0.3) is 0 Å². The largest absolute Gasteiger partial charge is 0.438 e. The molecule has 2 atom stereocenters. The summed E-state index contributed by atoms with van der Waals surface area (Å²) in [4.78, 5) is 40.3. The maximum absolute atomic E-state index is 13.3. The molecule has 1 aliphatic rings. The first kappa shape index (κ1) is 23.4. The van der Waals surface area contributed by atoms with Crippen molar-refractivity contribution in [1.29, 1.82) is 0 Å². The summed E-state index contributed by atoms with van der Waals surface area (Å²) in [5, 5.41) is 7.50. The number of carbonyl (C=O) groups is 3. The molecule has 1 saturated heterocycles. The third-order valence-corrected chi connectivity index (χ3v) is 6.14. The quantitative estimate of drug-likeness (QED) is 0.511. The van der Waals surface area contributed by atoms with E-state index in [0.29, 0.717) is 21.7 Å². The SMILES string of the molecule is CC(C)NC(=O)[C@@H]1[C@H](c2cccc(NC(=O)c3cccs3)c2)OC(=O)N1Cc1ccc(F)cc1. The molecule has 9 heteroatoms. The van der Waals surface area contributed by atoms with Crippen LogP contribution >= 0.6 is 11.3 Å². The van der Waals surface area contributed by atoms with Gasteiger partial charge in [0.05, 0.1) is 11.4 Å². The summed E-state index contributed by atoms with van der Waals surface area (Å²) >= 11 is 1.33. The summed E-state index contributed by atoms with van der Waals surface area (Å²) in [6.45, 7) is 3.74. The number of hydrogen-bond acceptors (Lipinski definition) is 5. The van der Waals surface area contributed by atoms with Crippen molar-refractivity contribution in [3.63, 3.8) is 0 Å². The first-order valence-corrected chi connectivity index (χ1v) is 11.7. The number of rotatable bonds is 7. The Morgan fingerprint density at radius 2 is 1.88 bits per heavy atom. The van der Waals surface area contributed by atoms with E-state index < -0.39 is 18.2 Å². The lowest BCUT2D eigenvalue weighted by atomic mass is 9.99. The number of thiophene rings is 1. The molecule has 0 radical (unpaired) electrons. The Labute approximate surface area is 200 Å². The number of anilines is 1. The van der Waals surface area contributed by atoms with Gasteiger partial charge in [0.15, 0.2) is 12.1 Å². The summed E-state index contributed by atoms with van der Waals surface area (Å²) in [6.07, 6.45) is -1.53. The lowest BCUT2D eigenvalue weighted by molar-refractivity contribution is -0.126. The van der Waals surface area contributed by atoms with Gasteiger partial charge in [0, 0.05) is 11.7 Å². The van der Waals surface area contributed by atoms with Gasteiger partial charge >= 0.3 is 6.09 Å². The van der Waals surface area contributed by atoms with Gasteiger partial charge in [-0.05, 0) is 60.7 Å². The molecular formula is C25H24FN3O4S. The highest BCUT2D eigenvalue weighted by atomic mass is 32.1. The van der Waals surface area contributed by atoms with Crippen LogP contribution < -0.4 is 10.6 Å². The predicted octanol–water partition coefficient (Wildman–Crippen LogP) is 4.73. The van der Waals surface area contributed by atoms with E-state index in [1.165, 1.54) is 28.4 Å². The summed E-state index contributed by atoms with van der Waals surface area (Å²) < 4.78 is 19.0. The standard InChI is InChI=1S/C25H24FN3O4S/c1-15(2)27-24(31)21-22(33-25(32)29(21)14-16-8-10-18(26)11-9-16)17-5-3-6-19(13-17)28-23(30)20-7-4-12-34-20/h3-13,15,21-22H,14H2,1-2H3,(H,27,31)(H,28,30)/t21-,22-/m0/s1. The van der Waals surface area contributed by atoms with Gasteiger partial charge < -0.3 is 15.4 Å². The third-order valence-electron chi connectivity index (χ3n) is 5.27. The Morgan fingerprint density at radius 3 is 2.56 bits per heavy atom. The number of cyclic esters (lactones) is 1. The first-order chi connectivity index (χ1) is 16.3. The van der Waals surface area contributed by atoms with Gasteiger partial charge in [-0.15, -0.1) is 11.3 Å². The van der Waals surface area contributed by atoms with Crippen molar-refractivity contribution in [2.75, 3.05) is 5.32 Å². The van der Waals surface area contributed by atoms with Gasteiger partial charge in [0.25, 0.3) is 5.91 Å². The molecule has 2 N–H and O–H groups in total. The summed E-state index contributed by atoms with van der Waals surface area (Å²) in [5.74, 6) is -0.996. The zero-order chi connectivity index (χ0) is 24.2. The van der Waals surface area contributed by atoms with Crippen molar-refractivity contribution in [2.24, 2.45) is 0 Å². The summed E-state index contributed by atoms with van der Waals surface area (Å²) in [6, 6.07) is 15.1. The molecule has 0 bridgehead atoms. The van der Waals surface area contributed by atoms with Crippen LogP contribution in [0.1, 0.15) is 40.8 Å². The number of amides is 3. The molecule has 1 fully saturated rings. The molecule has 2 heterocycles. The molecule has 176 valence electrons. The second kappa shape index (κ2) is 10.0. The molecule has 3 aromatic rings. The molecule has 4 rings (SSSR count). The molecule has 0 aliphatic carbocycles. The molecule has 1 aromatic heterocycles. The van der Waals surface area contributed by atoms with Crippen LogP contribution in [-0.2, 0) is 16.1 Å². The van der Waals surface area contributed by atoms with Crippen LogP contribution in [0, 0.1) is 5.82 Å². The Morgan fingerprint density at radius 1 is 1.12 bits per heavy atom. The van der Waals surface area contributed by atoms with Gasteiger partial charge in [0.1, 0.15) is 5.82 Å². The number of carbonyl (C=O) groups excluding carboxylic acids is 3. The van der Waals surface area contributed by atoms with Gasteiger partial charge in [-0.3, -0.25) is 14.5 Å². The molecule has 2 aromatic carbocycles. The number of nitrogens with one attached hydrogen (secondary N) is 2. The minimum atomic E-state index is -0.941. The fourth-order valence-corrected chi connectivity index (χ4v) is 4.38. The van der Waals surface area contributed by atoms with Crippen molar-refractivity contribution >= 4 is 34.9 Å². The second-order valence-corrected chi connectivity index (χ2v) is 9.17. The van der Waals surface area contributed by atoms with Crippen LogP contribution in [0.2, 0.25) is 0 Å². The average Bonchev–Trinajstić information content (AvgIpc) is 3.44. The summed E-state index contributed by atoms with van der Waals surface area (Å²) in [5.41, 5.74) is 1.76. The van der Waals surface area contributed by atoms with Crippen molar-refractivity contribution in [2.45, 2.75) is 38.6 Å². The van der Waals surface area contributed by atoms with E-state index in [-0.39, 0.29) is 30.2 Å². The van der Waals surface area contributed by atoms with Gasteiger partial charge in [-0.1, -0.05) is 30.3 Å². The molecule has 0 unspecified atom stereocenters. The zero-order valence-electron chi connectivity index (χ0n) is 18.7. The Balaban J connectivity index is 1.61. The van der Waals surface area contributed by atoms with E-state index in [4.69, 9.17) is 4.74 Å². The minimum Gasteiger partial charge on any atom is -0.438 e. The molecular weight excluding hydrogens is 457 g/mol. The van der Waals surface area contributed by atoms with E-state index in [1.807, 2.05) is 19.2 Å². The third kappa shape index (κ3) is 5.26. The molecule has 1 aliphatic heterocycles. The number of benzene rings is 2. The Kier molecular flexibility index (Phi) is 6.93. The van der Waals surface area contributed by atoms with E-state index in [1.54, 1.807) is 48.5 Å². The van der Waals surface area contributed by atoms with E-state index >= 15 is 0 Å². The highest BCUT2D eigenvalue weighted by molar-refractivity contribution is 7.12. The fourth-order valence-electron chi connectivity index (χ4n) is 3.76. The van der Waals surface area contributed by atoms with Crippen molar-refractivity contribution in [3.05, 3.63) is 87.9 Å². The van der Waals surface area contributed by atoms with Crippen molar-refractivity contribution < 1.29 is 23.5 Å². The van der Waals surface area contributed by atoms with E-state index in [0.717, 1.165) is 0 Å². The molecule has 3 amide bonds. The predicted molar refractivity (Wildman–Crippen MR) is 127 cm³/mol. The van der Waals surface area contributed by atoms with Gasteiger partial charge in [-0.2, -0.15) is 0 Å². The van der Waals surface area contributed by atoms with Crippen LogP contribution in [0.5, 0.6) is 0 Å². The Hall–Kier alpha value is -3.72. The number of nitrogens with zero attached hydrogens (tertiary/aromatic N) is 1. The van der Waals surface area contributed by atoms with E-state index in [2.05, 4.69) is 10.6 Å². The second-order valence-electron chi connectivity index (χ2n) is 8.22. The van der Waals surface area contributed by atoms with E-state index in [9.17, 15) is 18.8 Å². The van der Waals surface area contributed by atoms with Crippen LogP contribution in [-0.4, -0.2) is 34.9 Å². The van der Waals surface area contributed by atoms with Crippen LogP contribution in [0.3, 0.4) is 0 Å². The number of halogens is 1. The average molecular weight is 482 g/mol. The van der Waals surface area contributed by atoms with Crippen molar-refractivity contribution in [1.82, 2.24) is 10.2 Å². The summed E-state index contributed by atoms with van der Waals surface area (Å²) in [7, 11) is 0. The molecule has 7 nitrogen and oxygen atoms in total. The molecule has 34 heavy (non-hydrogen) atoms. The van der Waals surface area contributed by atoms with Gasteiger partial charge in [-0.25, -0.2) is 9.18 Å². The van der Waals surface area contributed by atoms with Gasteiger partial charge in [0.2, 0.25) is 5.91 Å². The highest BCUT2D eigenvalue weighted by Crippen LogP contribution is 2.35. The maximum Gasteiger partial charge on any atom is 0.411 e. The number of ether oxygens (including phenoxy) is 1. The Bertz CT molecular complexity index is 1180.